The van der Waals surface area contributed by atoms with Crippen molar-refractivity contribution >= 4 is 16.9 Å². The van der Waals surface area contributed by atoms with Crippen molar-refractivity contribution in [1.29, 1.82) is 0 Å². The van der Waals surface area contributed by atoms with Crippen molar-refractivity contribution in [3.8, 4) is 6.01 Å². The van der Waals surface area contributed by atoms with Crippen LogP contribution in [0.4, 0.5) is 19.0 Å². The molecule has 2 fully saturated rings. The number of aromatic nitrogens is 3. The summed E-state index contributed by atoms with van der Waals surface area (Å²) in [6, 6.07) is 6.36. The monoisotopic (exact) mass is 541 g/mol. The number of piperidine rings is 1. The van der Waals surface area contributed by atoms with Crippen LogP contribution in [-0.4, -0.2) is 45.1 Å². The Morgan fingerprint density at radius 2 is 1.79 bits per heavy atom. The van der Waals surface area contributed by atoms with Crippen molar-refractivity contribution in [3.63, 3.8) is 0 Å². The molecule has 0 unspecified atom stereocenters. The molecule has 3 heterocycles. The van der Waals surface area contributed by atoms with Crippen molar-refractivity contribution in [2.24, 2.45) is 0 Å². The van der Waals surface area contributed by atoms with Gasteiger partial charge in [-0.1, -0.05) is 25.1 Å². The van der Waals surface area contributed by atoms with Crippen LogP contribution in [0, 0.1) is 12.7 Å². The molecule has 6 nitrogen and oxygen atoms in total. The van der Waals surface area contributed by atoms with E-state index in [0.29, 0.717) is 28.8 Å². The second-order valence-electron chi connectivity index (χ2n) is 11.2. The number of nitrogens with one attached hydrogen (secondary N) is 1. The van der Waals surface area contributed by atoms with E-state index in [-0.39, 0.29) is 17.7 Å². The number of hydrogen-bond donors (Lipinski definition) is 1. The quantitative estimate of drug-likeness (QED) is 0.307. The molecule has 39 heavy (non-hydrogen) atoms. The van der Waals surface area contributed by atoms with Gasteiger partial charge in [-0.05, 0) is 84.0 Å². The minimum Gasteiger partial charge on any atom is -0.460 e. The number of rotatable bonds is 9. The fourth-order valence-electron chi connectivity index (χ4n) is 5.42. The van der Waals surface area contributed by atoms with E-state index in [4.69, 9.17) is 9.72 Å². The summed E-state index contributed by atoms with van der Waals surface area (Å²) in [5, 5.41) is 4.00. The first-order valence-corrected chi connectivity index (χ1v) is 14.1. The lowest BCUT2D eigenvalue weighted by molar-refractivity contribution is -0.0119. The van der Waals surface area contributed by atoms with Gasteiger partial charge in [0.1, 0.15) is 17.7 Å². The van der Waals surface area contributed by atoms with Crippen LogP contribution in [-0.2, 0) is 5.92 Å². The number of likely N-dealkylation sites (tertiary alicyclic amines) is 1. The molecule has 0 amide bonds. The van der Waals surface area contributed by atoms with Crippen molar-refractivity contribution in [2.75, 3.05) is 18.4 Å². The van der Waals surface area contributed by atoms with Crippen LogP contribution >= 0.6 is 0 Å². The van der Waals surface area contributed by atoms with Gasteiger partial charge in [0.05, 0.1) is 17.0 Å². The lowest BCUT2D eigenvalue weighted by atomic mass is 9.87. The lowest BCUT2D eigenvalue weighted by Crippen LogP contribution is -2.38. The van der Waals surface area contributed by atoms with Crippen molar-refractivity contribution in [2.45, 2.75) is 96.8 Å². The van der Waals surface area contributed by atoms with E-state index in [2.05, 4.69) is 40.1 Å². The Kier molecular flexibility index (Phi) is 7.73. The highest BCUT2D eigenvalue weighted by atomic mass is 19.3. The van der Waals surface area contributed by atoms with E-state index in [1.54, 1.807) is 6.92 Å². The number of pyridine rings is 1. The maximum absolute atomic E-state index is 15.3. The van der Waals surface area contributed by atoms with Crippen LogP contribution in [0.15, 0.2) is 24.3 Å². The summed E-state index contributed by atoms with van der Waals surface area (Å²) < 4.78 is 50.1. The van der Waals surface area contributed by atoms with E-state index >= 15 is 4.39 Å². The number of hydrogen-bond acceptors (Lipinski definition) is 6. The van der Waals surface area contributed by atoms with E-state index in [9.17, 15) is 8.78 Å². The number of benzene rings is 1. The second-order valence-corrected chi connectivity index (χ2v) is 11.2. The van der Waals surface area contributed by atoms with Gasteiger partial charge < -0.3 is 15.0 Å². The summed E-state index contributed by atoms with van der Waals surface area (Å²) in [5.41, 5.74) is 2.16. The Morgan fingerprint density at radius 1 is 1.08 bits per heavy atom. The van der Waals surface area contributed by atoms with Crippen molar-refractivity contribution < 1.29 is 17.9 Å². The number of anilines is 1. The zero-order valence-electron chi connectivity index (χ0n) is 23.4. The number of fused-ring (bicyclic) bond motifs is 1. The third-order valence-electron chi connectivity index (χ3n) is 8.08. The van der Waals surface area contributed by atoms with Crippen LogP contribution in [0.25, 0.3) is 11.0 Å². The minimum absolute atomic E-state index is 0.0876. The van der Waals surface area contributed by atoms with Gasteiger partial charge in [-0.15, -0.1) is 0 Å². The predicted molar refractivity (Wildman–Crippen MR) is 147 cm³/mol. The first-order chi connectivity index (χ1) is 18.6. The maximum atomic E-state index is 15.3. The Labute approximate surface area is 228 Å². The number of ether oxygens (including phenoxy) is 1. The lowest BCUT2D eigenvalue weighted by Gasteiger charge is -2.35. The largest absolute Gasteiger partial charge is 0.460 e. The molecular weight excluding hydrogens is 503 g/mol. The number of halogens is 3. The molecule has 210 valence electrons. The first kappa shape index (κ1) is 27.6. The van der Waals surface area contributed by atoms with Crippen LogP contribution < -0.4 is 10.1 Å². The molecule has 0 spiro atoms. The van der Waals surface area contributed by atoms with Crippen LogP contribution in [0.2, 0.25) is 0 Å². The third-order valence-corrected chi connectivity index (χ3v) is 8.08. The summed E-state index contributed by atoms with van der Waals surface area (Å²) in [5.74, 6) is -3.31. The number of aryl methyl sites for hydroxylation is 1. The maximum Gasteiger partial charge on any atom is 0.320 e. The SMILES string of the molecule is CCC(F)(F)c1cccc([C@@H](C)Nc2nc(OC3CC3)nc3nc(C)c(C4CCN(C(C)C)CC4)cc23)c1F. The second kappa shape index (κ2) is 10.9. The smallest absolute Gasteiger partial charge is 0.320 e. The molecule has 5 rings (SSSR count). The molecule has 1 atom stereocenters. The number of alkyl halides is 2. The zero-order chi connectivity index (χ0) is 27.9. The van der Waals surface area contributed by atoms with Gasteiger partial charge in [0.15, 0.2) is 5.65 Å². The van der Waals surface area contributed by atoms with Crippen molar-refractivity contribution in [1.82, 2.24) is 19.9 Å². The summed E-state index contributed by atoms with van der Waals surface area (Å²) in [7, 11) is 0. The standard InChI is InChI=1S/C30H38F3N5O/c1-6-30(32,33)25-9-7-8-22(26(25)31)18(4)34-27-24-16-23(20-12-14-38(15-13-20)17(2)3)19(5)35-28(24)37-29(36-27)39-21-10-11-21/h7-9,16-18,20-21H,6,10-15H2,1-5H3,(H,34,35,36,37)/t18-/m1/s1. The van der Waals surface area contributed by atoms with Gasteiger partial charge in [0, 0.05) is 23.7 Å². The van der Waals surface area contributed by atoms with Gasteiger partial charge in [0.25, 0.3) is 5.92 Å². The van der Waals surface area contributed by atoms with Crippen LogP contribution in [0.3, 0.4) is 0 Å². The Balaban J connectivity index is 1.51. The summed E-state index contributed by atoms with van der Waals surface area (Å²) in [4.78, 5) is 16.6. The Bertz CT molecular complexity index is 1340. The molecule has 1 aromatic carbocycles. The topological polar surface area (TPSA) is 63.2 Å². The normalized spacial score (nSPS) is 18.1. The van der Waals surface area contributed by atoms with Gasteiger partial charge in [-0.25, -0.2) is 18.2 Å². The fourth-order valence-corrected chi connectivity index (χ4v) is 5.42. The van der Waals surface area contributed by atoms with Gasteiger partial charge in [-0.2, -0.15) is 9.97 Å². The van der Waals surface area contributed by atoms with Crippen LogP contribution in [0.1, 0.15) is 94.1 Å². The number of nitrogens with zero attached hydrogens (tertiary/aromatic N) is 4. The molecule has 0 radical (unpaired) electrons. The van der Waals surface area contributed by atoms with Crippen molar-refractivity contribution in [3.05, 3.63) is 52.5 Å². The molecule has 1 saturated heterocycles. The summed E-state index contributed by atoms with van der Waals surface area (Å²) >= 11 is 0. The molecule has 1 N–H and O–H groups in total. The summed E-state index contributed by atoms with van der Waals surface area (Å²) in [6.45, 7) is 11.6. The highest BCUT2D eigenvalue weighted by molar-refractivity contribution is 5.88. The zero-order valence-corrected chi connectivity index (χ0v) is 23.4. The molecule has 1 saturated carbocycles. The molecule has 0 bridgehead atoms. The molecule has 2 aromatic heterocycles. The molecular formula is C30H38F3N5O. The minimum atomic E-state index is -3.24. The highest BCUT2D eigenvalue weighted by Gasteiger charge is 2.34. The van der Waals surface area contributed by atoms with E-state index in [1.165, 1.54) is 19.1 Å². The fraction of sp³-hybridized carbons (Fsp3) is 0.567. The summed E-state index contributed by atoms with van der Waals surface area (Å²) in [6.07, 6.45) is 3.59. The van der Waals surface area contributed by atoms with E-state index < -0.39 is 29.8 Å². The Morgan fingerprint density at radius 3 is 2.44 bits per heavy atom. The predicted octanol–water partition coefficient (Wildman–Crippen LogP) is 7.28. The highest BCUT2D eigenvalue weighted by Crippen LogP contribution is 2.38. The Hall–Kier alpha value is -2.94. The molecule has 1 aliphatic heterocycles. The van der Waals surface area contributed by atoms with E-state index in [0.717, 1.165) is 56.1 Å². The van der Waals surface area contributed by atoms with Gasteiger partial charge >= 0.3 is 6.01 Å². The molecule has 1 aliphatic carbocycles. The van der Waals surface area contributed by atoms with Gasteiger partial charge in [-0.3, -0.25) is 0 Å². The van der Waals surface area contributed by atoms with E-state index in [1.807, 2.05) is 6.92 Å². The average molecular weight is 542 g/mol. The first-order valence-electron chi connectivity index (χ1n) is 14.1. The molecule has 3 aromatic rings. The third kappa shape index (κ3) is 5.83. The van der Waals surface area contributed by atoms with Gasteiger partial charge in [0.2, 0.25) is 0 Å². The average Bonchev–Trinajstić information content (AvgIpc) is 3.72. The van der Waals surface area contributed by atoms with Crippen LogP contribution in [0.5, 0.6) is 6.01 Å². The molecule has 2 aliphatic rings. The molecule has 9 heteroatoms.